The molecule has 5 nitrogen and oxygen atoms in total. The summed E-state index contributed by atoms with van der Waals surface area (Å²) in [4.78, 5) is 7.06. The van der Waals surface area contributed by atoms with Gasteiger partial charge in [0.05, 0.1) is 0 Å². The van der Waals surface area contributed by atoms with Gasteiger partial charge >= 0.3 is 0 Å². The van der Waals surface area contributed by atoms with Gasteiger partial charge in [-0.3, -0.25) is 9.89 Å². The number of phenols is 1. The molecule has 0 amide bonds. The largest absolute Gasteiger partial charge is 0.508 e. The van der Waals surface area contributed by atoms with E-state index in [1.807, 2.05) is 13.1 Å². The topological polar surface area (TPSA) is 59.9 Å². The molecule has 2 aliphatic carbocycles. The minimum Gasteiger partial charge on any atom is -0.508 e. The van der Waals surface area contributed by atoms with Crippen molar-refractivity contribution in [2.45, 2.75) is 76.5 Å². The Kier molecular flexibility index (Phi) is 5.07. The Morgan fingerprint density at radius 3 is 2.85 bits per heavy atom. The fourth-order valence-corrected chi connectivity index (χ4v) is 4.73. The van der Waals surface area contributed by atoms with Gasteiger partial charge < -0.3 is 15.7 Å². The van der Waals surface area contributed by atoms with E-state index in [9.17, 15) is 5.11 Å². The van der Waals surface area contributed by atoms with Crippen molar-refractivity contribution in [3.63, 3.8) is 0 Å². The van der Waals surface area contributed by atoms with Gasteiger partial charge in [0.15, 0.2) is 5.96 Å². The number of fused-ring (bicyclic) bond motifs is 1. The highest BCUT2D eigenvalue weighted by Gasteiger charge is 2.38. The minimum absolute atomic E-state index is 0.406. The Bertz CT molecular complexity index is 683. The van der Waals surface area contributed by atoms with Gasteiger partial charge in [-0.15, -0.1) is 0 Å². The highest BCUT2D eigenvalue weighted by atomic mass is 16.3. The summed E-state index contributed by atoms with van der Waals surface area (Å²) in [7, 11) is 1.83. The van der Waals surface area contributed by atoms with E-state index >= 15 is 0 Å². The molecule has 0 radical (unpaired) electrons. The lowest BCUT2D eigenvalue weighted by molar-refractivity contribution is 0.256. The SMILES string of the molecule is CN=C(NCc1c(O)ccc2c1CCCC2)NC1CC(C)N(C2CC2)C1. The van der Waals surface area contributed by atoms with Gasteiger partial charge in [0.25, 0.3) is 0 Å². The number of aryl methyl sites for hydroxylation is 1. The number of hydrogen-bond acceptors (Lipinski definition) is 3. The van der Waals surface area contributed by atoms with E-state index in [-0.39, 0.29) is 0 Å². The third-order valence-electron chi connectivity index (χ3n) is 6.26. The maximum Gasteiger partial charge on any atom is 0.191 e. The van der Waals surface area contributed by atoms with Gasteiger partial charge in [0, 0.05) is 43.8 Å². The first-order chi connectivity index (χ1) is 12.7. The van der Waals surface area contributed by atoms with Gasteiger partial charge in [-0.05, 0) is 69.1 Å². The molecule has 2 fully saturated rings. The molecule has 1 aliphatic heterocycles. The lowest BCUT2D eigenvalue weighted by atomic mass is 9.88. The molecule has 3 N–H and O–H groups in total. The fourth-order valence-electron chi connectivity index (χ4n) is 4.73. The molecule has 2 unspecified atom stereocenters. The molecule has 1 aromatic rings. The molecule has 0 aromatic heterocycles. The highest BCUT2D eigenvalue weighted by Crippen LogP contribution is 2.33. The molecule has 1 heterocycles. The van der Waals surface area contributed by atoms with E-state index in [1.54, 1.807) is 0 Å². The Labute approximate surface area is 156 Å². The van der Waals surface area contributed by atoms with Gasteiger partial charge in [-0.25, -0.2) is 0 Å². The molecular formula is C21H32N4O. The predicted octanol–water partition coefficient (Wildman–Crippen LogP) is 2.56. The molecular weight excluding hydrogens is 324 g/mol. The van der Waals surface area contributed by atoms with Crippen LogP contribution in [-0.4, -0.2) is 47.7 Å². The van der Waals surface area contributed by atoms with Crippen LogP contribution in [0.5, 0.6) is 5.75 Å². The first kappa shape index (κ1) is 17.7. The van der Waals surface area contributed by atoms with Gasteiger partial charge in [-0.1, -0.05) is 6.07 Å². The van der Waals surface area contributed by atoms with Crippen LogP contribution in [-0.2, 0) is 19.4 Å². The van der Waals surface area contributed by atoms with Crippen LogP contribution in [0.1, 0.15) is 55.7 Å². The van der Waals surface area contributed by atoms with Crippen molar-refractivity contribution in [1.82, 2.24) is 15.5 Å². The average molecular weight is 357 g/mol. The van der Waals surface area contributed by atoms with Crippen molar-refractivity contribution in [2.24, 2.45) is 4.99 Å². The minimum atomic E-state index is 0.406. The van der Waals surface area contributed by atoms with Crippen molar-refractivity contribution in [1.29, 1.82) is 0 Å². The zero-order valence-electron chi connectivity index (χ0n) is 16.1. The van der Waals surface area contributed by atoms with Crippen LogP contribution in [0, 0.1) is 0 Å². The number of guanidine groups is 1. The summed E-state index contributed by atoms with van der Waals surface area (Å²) in [6.45, 7) is 4.08. The monoisotopic (exact) mass is 356 g/mol. The van der Waals surface area contributed by atoms with Gasteiger partial charge in [-0.2, -0.15) is 0 Å². The number of aromatic hydroxyl groups is 1. The zero-order chi connectivity index (χ0) is 18.1. The molecule has 1 saturated carbocycles. The summed E-state index contributed by atoms with van der Waals surface area (Å²) in [5.74, 6) is 1.25. The number of nitrogens with one attached hydrogen (secondary N) is 2. The normalized spacial score (nSPS) is 26.6. The second-order valence-corrected chi connectivity index (χ2v) is 8.19. The number of hydrogen-bond donors (Lipinski definition) is 3. The summed E-state index contributed by atoms with van der Waals surface area (Å²) in [6.07, 6.45) is 8.57. The zero-order valence-corrected chi connectivity index (χ0v) is 16.1. The lowest BCUT2D eigenvalue weighted by Crippen LogP contribution is -2.44. The first-order valence-corrected chi connectivity index (χ1v) is 10.2. The highest BCUT2D eigenvalue weighted by molar-refractivity contribution is 5.80. The second-order valence-electron chi connectivity index (χ2n) is 8.19. The van der Waals surface area contributed by atoms with E-state index in [4.69, 9.17) is 0 Å². The number of benzene rings is 1. The van der Waals surface area contributed by atoms with E-state index in [0.717, 1.165) is 37.0 Å². The summed E-state index contributed by atoms with van der Waals surface area (Å²) in [5, 5.41) is 17.4. The van der Waals surface area contributed by atoms with E-state index in [0.29, 0.717) is 24.4 Å². The number of phenolic OH excluding ortho intramolecular Hbond substituents is 1. The smallest absolute Gasteiger partial charge is 0.191 e. The van der Waals surface area contributed by atoms with E-state index in [2.05, 4.69) is 33.5 Å². The van der Waals surface area contributed by atoms with Crippen LogP contribution >= 0.6 is 0 Å². The van der Waals surface area contributed by atoms with Crippen molar-refractivity contribution in [3.05, 3.63) is 28.8 Å². The van der Waals surface area contributed by atoms with Crippen LogP contribution in [0.4, 0.5) is 0 Å². The van der Waals surface area contributed by atoms with Crippen molar-refractivity contribution in [3.8, 4) is 5.75 Å². The Balaban J connectivity index is 1.38. The molecule has 1 saturated heterocycles. The molecule has 4 rings (SSSR count). The van der Waals surface area contributed by atoms with Crippen LogP contribution in [0.15, 0.2) is 17.1 Å². The Morgan fingerprint density at radius 1 is 1.27 bits per heavy atom. The van der Waals surface area contributed by atoms with Gasteiger partial charge in [0.2, 0.25) is 0 Å². The predicted molar refractivity (Wildman–Crippen MR) is 106 cm³/mol. The third kappa shape index (κ3) is 3.68. The maximum absolute atomic E-state index is 10.4. The van der Waals surface area contributed by atoms with E-state index in [1.165, 1.54) is 43.2 Å². The maximum atomic E-state index is 10.4. The van der Waals surface area contributed by atoms with E-state index < -0.39 is 0 Å². The molecule has 3 aliphatic rings. The molecule has 0 bridgehead atoms. The standard InChI is InChI=1S/C21H32N4O/c1-14-11-16(13-25(14)17-8-9-17)24-21(22-2)23-12-19-18-6-4-3-5-15(18)7-10-20(19)26/h7,10,14,16-17,26H,3-6,8-9,11-13H2,1-2H3,(H2,22,23,24). The lowest BCUT2D eigenvalue weighted by Gasteiger charge is -2.22. The van der Waals surface area contributed by atoms with Gasteiger partial charge in [0.1, 0.15) is 5.75 Å². The Hall–Kier alpha value is -1.75. The molecule has 26 heavy (non-hydrogen) atoms. The second kappa shape index (κ2) is 7.47. The molecule has 2 atom stereocenters. The van der Waals surface area contributed by atoms with Crippen molar-refractivity contribution in [2.75, 3.05) is 13.6 Å². The number of nitrogens with zero attached hydrogens (tertiary/aromatic N) is 2. The van der Waals surface area contributed by atoms with Crippen LogP contribution in [0.25, 0.3) is 0 Å². The quantitative estimate of drug-likeness (QED) is 0.573. The number of aliphatic imine (C=N–C) groups is 1. The summed E-state index contributed by atoms with van der Waals surface area (Å²) in [6, 6.07) is 5.87. The number of rotatable bonds is 4. The summed E-state index contributed by atoms with van der Waals surface area (Å²) >= 11 is 0. The summed E-state index contributed by atoms with van der Waals surface area (Å²) < 4.78 is 0. The van der Waals surface area contributed by atoms with Crippen LogP contribution < -0.4 is 10.6 Å². The average Bonchev–Trinajstić information content (AvgIpc) is 3.43. The molecule has 142 valence electrons. The summed E-state index contributed by atoms with van der Waals surface area (Å²) in [5.41, 5.74) is 3.79. The number of likely N-dealkylation sites (tertiary alicyclic amines) is 1. The molecule has 1 aromatic carbocycles. The first-order valence-electron chi connectivity index (χ1n) is 10.2. The fraction of sp³-hybridized carbons (Fsp3) is 0.667. The van der Waals surface area contributed by atoms with Crippen LogP contribution in [0.2, 0.25) is 0 Å². The van der Waals surface area contributed by atoms with Crippen LogP contribution in [0.3, 0.4) is 0 Å². The molecule has 0 spiro atoms. The van der Waals surface area contributed by atoms with Crippen molar-refractivity contribution < 1.29 is 5.11 Å². The third-order valence-corrected chi connectivity index (χ3v) is 6.26. The van der Waals surface area contributed by atoms with Crippen molar-refractivity contribution >= 4 is 5.96 Å². The molecule has 5 heteroatoms. The Morgan fingerprint density at radius 2 is 2.08 bits per heavy atom.